The van der Waals surface area contributed by atoms with E-state index in [1.807, 2.05) is 48.5 Å². The number of likely N-dealkylation sites (N-methyl/N-ethyl adjacent to an activating group) is 1. The van der Waals surface area contributed by atoms with Crippen LogP contribution in [0.25, 0.3) is 0 Å². The summed E-state index contributed by atoms with van der Waals surface area (Å²) in [6.07, 6.45) is 0. The van der Waals surface area contributed by atoms with E-state index >= 15 is 0 Å². The molecule has 2 aromatic rings. The Morgan fingerprint density at radius 3 is 2.11 bits per heavy atom. The predicted octanol–water partition coefficient (Wildman–Crippen LogP) is 1.73. The van der Waals surface area contributed by atoms with Gasteiger partial charge in [0.2, 0.25) is 0 Å². The van der Waals surface area contributed by atoms with E-state index < -0.39 is 11.8 Å². The molecule has 1 atom stereocenters. The smallest absolute Gasteiger partial charge is 0.313 e. The summed E-state index contributed by atoms with van der Waals surface area (Å²) in [6, 6.07) is 18.6. The van der Waals surface area contributed by atoms with Gasteiger partial charge in [0.15, 0.2) is 0 Å². The number of anilines is 1. The molecule has 6 heteroatoms. The Morgan fingerprint density at radius 1 is 0.889 bits per heavy atom. The molecule has 0 spiro atoms. The van der Waals surface area contributed by atoms with Crippen molar-refractivity contribution in [3.8, 4) is 0 Å². The number of carbonyl (C=O) groups excluding carboxylic acids is 2. The van der Waals surface area contributed by atoms with Crippen LogP contribution in [0, 0.1) is 0 Å². The average molecular weight is 366 g/mol. The molecule has 1 aliphatic rings. The first-order valence-electron chi connectivity index (χ1n) is 9.24. The molecular weight excluding hydrogens is 340 g/mol. The molecule has 0 saturated carbocycles. The number of hydrogen-bond acceptors (Lipinski definition) is 4. The number of rotatable bonds is 5. The Balaban J connectivity index is 1.65. The molecule has 1 saturated heterocycles. The molecule has 1 aliphatic heterocycles. The number of carbonyl (C=O) groups is 2. The van der Waals surface area contributed by atoms with E-state index in [2.05, 4.69) is 27.5 Å². The molecule has 0 aliphatic carbocycles. The van der Waals surface area contributed by atoms with Gasteiger partial charge in [-0.25, -0.2) is 0 Å². The maximum atomic E-state index is 12.5. The van der Waals surface area contributed by atoms with Crippen LogP contribution in [0.5, 0.6) is 0 Å². The third kappa shape index (κ3) is 5.64. The zero-order valence-electron chi connectivity index (χ0n) is 15.6. The van der Waals surface area contributed by atoms with Crippen LogP contribution in [-0.2, 0) is 9.59 Å². The topological polar surface area (TPSA) is 64.7 Å². The van der Waals surface area contributed by atoms with Gasteiger partial charge in [-0.05, 0) is 24.7 Å². The van der Waals surface area contributed by atoms with Crippen LogP contribution >= 0.6 is 0 Å². The summed E-state index contributed by atoms with van der Waals surface area (Å²) >= 11 is 0. The van der Waals surface area contributed by atoms with Crippen molar-refractivity contribution in [3.63, 3.8) is 0 Å². The fraction of sp³-hybridized carbons (Fsp3) is 0.333. The molecule has 0 bridgehead atoms. The van der Waals surface area contributed by atoms with Gasteiger partial charge < -0.3 is 15.5 Å². The van der Waals surface area contributed by atoms with Crippen molar-refractivity contribution in [2.45, 2.75) is 6.04 Å². The Morgan fingerprint density at radius 2 is 1.48 bits per heavy atom. The van der Waals surface area contributed by atoms with Crippen LogP contribution < -0.4 is 10.6 Å². The van der Waals surface area contributed by atoms with Gasteiger partial charge in [-0.1, -0.05) is 48.5 Å². The predicted molar refractivity (Wildman–Crippen MR) is 106 cm³/mol. The summed E-state index contributed by atoms with van der Waals surface area (Å²) in [6.45, 7) is 4.59. The first-order valence-corrected chi connectivity index (χ1v) is 9.24. The number of piperazine rings is 1. The molecule has 0 radical (unpaired) electrons. The minimum Gasteiger partial charge on any atom is -0.340 e. The third-order valence-corrected chi connectivity index (χ3v) is 4.78. The van der Waals surface area contributed by atoms with E-state index in [-0.39, 0.29) is 6.04 Å². The molecule has 0 aromatic heterocycles. The van der Waals surface area contributed by atoms with Crippen LogP contribution in [0.4, 0.5) is 5.69 Å². The second-order valence-corrected chi connectivity index (χ2v) is 6.86. The lowest BCUT2D eigenvalue weighted by molar-refractivity contribution is -0.136. The lowest BCUT2D eigenvalue weighted by Crippen LogP contribution is -2.48. The van der Waals surface area contributed by atoms with E-state index in [0.29, 0.717) is 12.2 Å². The fourth-order valence-corrected chi connectivity index (χ4v) is 3.14. The average Bonchev–Trinajstić information content (AvgIpc) is 2.70. The summed E-state index contributed by atoms with van der Waals surface area (Å²) in [5.41, 5.74) is 1.60. The maximum absolute atomic E-state index is 12.5. The number of benzene rings is 2. The van der Waals surface area contributed by atoms with Crippen molar-refractivity contribution >= 4 is 17.5 Å². The van der Waals surface area contributed by atoms with Crippen molar-refractivity contribution in [2.24, 2.45) is 0 Å². The molecule has 1 heterocycles. The number of hydrogen-bond donors (Lipinski definition) is 2. The van der Waals surface area contributed by atoms with Crippen LogP contribution in [0.2, 0.25) is 0 Å². The van der Waals surface area contributed by atoms with Crippen molar-refractivity contribution in [2.75, 3.05) is 45.1 Å². The number of nitrogens with zero attached hydrogens (tertiary/aromatic N) is 2. The fourth-order valence-electron chi connectivity index (χ4n) is 3.14. The van der Waals surface area contributed by atoms with Gasteiger partial charge >= 0.3 is 11.8 Å². The van der Waals surface area contributed by atoms with Crippen LogP contribution in [0.3, 0.4) is 0 Å². The van der Waals surface area contributed by atoms with Gasteiger partial charge in [0.25, 0.3) is 0 Å². The molecular formula is C21H26N4O2. The van der Waals surface area contributed by atoms with E-state index in [9.17, 15) is 9.59 Å². The second kappa shape index (κ2) is 9.30. The Kier molecular flexibility index (Phi) is 6.57. The summed E-state index contributed by atoms with van der Waals surface area (Å²) in [5, 5.41) is 5.54. The summed E-state index contributed by atoms with van der Waals surface area (Å²) in [4.78, 5) is 29.4. The van der Waals surface area contributed by atoms with E-state index in [1.165, 1.54) is 0 Å². The zero-order valence-corrected chi connectivity index (χ0v) is 15.6. The van der Waals surface area contributed by atoms with Gasteiger partial charge in [-0.3, -0.25) is 14.5 Å². The van der Waals surface area contributed by atoms with Crippen LogP contribution in [0.15, 0.2) is 60.7 Å². The number of para-hydroxylation sites is 1. The highest BCUT2D eigenvalue weighted by Gasteiger charge is 2.23. The standard InChI is InChI=1S/C21H26N4O2/c1-24-12-14-25(15-13-24)16-19(17-8-4-2-5-9-17)23-21(27)20(26)22-18-10-6-3-7-11-18/h2-11,19H,12-16H2,1H3,(H,22,26)(H,23,27). The van der Waals surface area contributed by atoms with Crippen molar-refractivity contribution < 1.29 is 9.59 Å². The summed E-state index contributed by atoms with van der Waals surface area (Å²) < 4.78 is 0. The highest BCUT2D eigenvalue weighted by atomic mass is 16.2. The molecule has 2 N–H and O–H groups in total. The minimum atomic E-state index is -0.652. The number of amides is 2. The van der Waals surface area contributed by atoms with Crippen LogP contribution in [0.1, 0.15) is 11.6 Å². The third-order valence-electron chi connectivity index (χ3n) is 4.78. The van der Waals surface area contributed by atoms with Crippen molar-refractivity contribution in [1.29, 1.82) is 0 Å². The van der Waals surface area contributed by atoms with Gasteiger partial charge in [-0.15, -0.1) is 0 Å². The lowest BCUT2D eigenvalue weighted by atomic mass is 10.1. The Hall–Kier alpha value is -2.70. The molecule has 6 nitrogen and oxygen atoms in total. The summed E-state index contributed by atoms with van der Waals surface area (Å²) in [7, 11) is 2.11. The maximum Gasteiger partial charge on any atom is 0.313 e. The highest BCUT2D eigenvalue weighted by Crippen LogP contribution is 2.16. The molecule has 3 rings (SSSR count). The molecule has 27 heavy (non-hydrogen) atoms. The van der Waals surface area contributed by atoms with Crippen LogP contribution in [-0.4, -0.2) is 61.4 Å². The quantitative estimate of drug-likeness (QED) is 0.791. The first-order chi connectivity index (χ1) is 13.1. The largest absolute Gasteiger partial charge is 0.340 e. The molecule has 1 unspecified atom stereocenters. The van der Waals surface area contributed by atoms with Crippen molar-refractivity contribution in [3.05, 3.63) is 66.2 Å². The van der Waals surface area contributed by atoms with Gasteiger partial charge in [-0.2, -0.15) is 0 Å². The SMILES string of the molecule is CN1CCN(CC(NC(=O)C(=O)Nc2ccccc2)c2ccccc2)CC1. The Labute approximate surface area is 160 Å². The molecule has 2 aromatic carbocycles. The van der Waals surface area contributed by atoms with E-state index in [1.54, 1.807) is 12.1 Å². The van der Waals surface area contributed by atoms with Gasteiger partial charge in [0.1, 0.15) is 0 Å². The van der Waals surface area contributed by atoms with Crippen molar-refractivity contribution in [1.82, 2.24) is 15.1 Å². The van der Waals surface area contributed by atoms with E-state index in [0.717, 1.165) is 31.7 Å². The minimum absolute atomic E-state index is 0.233. The second-order valence-electron chi connectivity index (χ2n) is 6.86. The highest BCUT2D eigenvalue weighted by molar-refractivity contribution is 6.39. The first kappa shape index (κ1) is 19.1. The number of nitrogens with one attached hydrogen (secondary N) is 2. The molecule has 1 fully saturated rings. The monoisotopic (exact) mass is 366 g/mol. The lowest BCUT2D eigenvalue weighted by Gasteiger charge is -2.34. The molecule has 2 amide bonds. The van der Waals surface area contributed by atoms with E-state index in [4.69, 9.17) is 0 Å². The van der Waals surface area contributed by atoms with Gasteiger partial charge in [0.05, 0.1) is 6.04 Å². The van der Waals surface area contributed by atoms with Gasteiger partial charge in [0, 0.05) is 38.4 Å². The zero-order chi connectivity index (χ0) is 19.1. The summed E-state index contributed by atoms with van der Waals surface area (Å²) in [5.74, 6) is -1.28. The normalized spacial score (nSPS) is 16.5. The Bertz CT molecular complexity index is 743. The molecule has 142 valence electrons.